The van der Waals surface area contributed by atoms with Crippen LogP contribution < -0.4 is 5.32 Å². The standard InChI is InChI=1S/C13H22N2O3/c1-3-18-12(16)7-5-9-15-8-4-6-11(10-15)13(17)14-2/h5,7,11H,3-4,6,8-10H2,1-2H3,(H,14,17)/b7-5+. The van der Waals surface area contributed by atoms with E-state index in [1.807, 2.05) is 0 Å². The first-order valence-electron chi connectivity index (χ1n) is 6.44. The molecule has 1 saturated heterocycles. The van der Waals surface area contributed by atoms with Crippen molar-refractivity contribution in [1.82, 2.24) is 10.2 Å². The number of amides is 1. The number of hydrogen-bond donors (Lipinski definition) is 1. The van der Waals surface area contributed by atoms with Crippen LogP contribution in [0.2, 0.25) is 0 Å². The zero-order chi connectivity index (χ0) is 13.4. The number of ether oxygens (including phenoxy) is 1. The van der Waals surface area contributed by atoms with Gasteiger partial charge >= 0.3 is 5.97 Å². The fourth-order valence-corrected chi connectivity index (χ4v) is 2.13. The normalized spacial score (nSPS) is 20.9. The van der Waals surface area contributed by atoms with Crippen molar-refractivity contribution in [3.05, 3.63) is 12.2 Å². The maximum Gasteiger partial charge on any atom is 0.330 e. The molecule has 0 aromatic heterocycles. The number of carbonyl (C=O) groups is 2. The predicted molar refractivity (Wildman–Crippen MR) is 69.0 cm³/mol. The Morgan fingerprint density at radius 1 is 1.50 bits per heavy atom. The topological polar surface area (TPSA) is 58.6 Å². The average Bonchev–Trinajstić information content (AvgIpc) is 2.38. The van der Waals surface area contributed by atoms with Crippen molar-refractivity contribution in [3.8, 4) is 0 Å². The Hall–Kier alpha value is -1.36. The monoisotopic (exact) mass is 254 g/mol. The summed E-state index contributed by atoms with van der Waals surface area (Å²) in [4.78, 5) is 24.8. The highest BCUT2D eigenvalue weighted by Crippen LogP contribution is 2.16. The lowest BCUT2D eigenvalue weighted by Gasteiger charge is -2.30. The second-order valence-corrected chi connectivity index (χ2v) is 4.37. The van der Waals surface area contributed by atoms with Crippen molar-refractivity contribution < 1.29 is 14.3 Å². The van der Waals surface area contributed by atoms with Crippen LogP contribution in [0, 0.1) is 5.92 Å². The maximum atomic E-state index is 11.5. The molecule has 1 atom stereocenters. The van der Waals surface area contributed by atoms with E-state index in [1.165, 1.54) is 6.08 Å². The second kappa shape index (κ2) is 7.87. The molecular formula is C13H22N2O3. The molecule has 0 aromatic carbocycles. The molecule has 1 rings (SSSR count). The lowest BCUT2D eigenvalue weighted by Crippen LogP contribution is -2.42. The van der Waals surface area contributed by atoms with E-state index in [2.05, 4.69) is 10.2 Å². The van der Waals surface area contributed by atoms with Gasteiger partial charge in [0.1, 0.15) is 0 Å². The summed E-state index contributed by atoms with van der Waals surface area (Å²) < 4.78 is 4.80. The molecule has 1 aliphatic heterocycles. The van der Waals surface area contributed by atoms with Crippen LogP contribution in [-0.4, -0.2) is 50.1 Å². The summed E-state index contributed by atoms with van der Waals surface area (Å²) in [6.45, 7) is 4.59. The molecule has 0 radical (unpaired) electrons. The van der Waals surface area contributed by atoms with Gasteiger partial charge in [0.25, 0.3) is 0 Å². The van der Waals surface area contributed by atoms with Crippen molar-refractivity contribution in [3.63, 3.8) is 0 Å². The van der Waals surface area contributed by atoms with Crippen LogP contribution in [0.5, 0.6) is 0 Å². The zero-order valence-electron chi connectivity index (χ0n) is 11.1. The van der Waals surface area contributed by atoms with Gasteiger partial charge in [-0.05, 0) is 26.3 Å². The van der Waals surface area contributed by atoms with Crippen LogP contribution in [0.3, 0.4) is 0 Å². The van der Waals surface area contributed by atoms with Crippen molar-refractivity contribution in [1.29, 1.82) is 0 Å². The first kappa shape index (κ1) is 14.7. The molecule has 18 heavy (non-hydrogen) atoms. The van der Waals surface area contributed by atoms with E-state index in [1.54, 1.807) is 20.0 Å². The average molecular weight is 254 g/mol. The third kappa shape index (κ3) is 4.87. The summed E-state index contributed by atoms with van der Waals surface area (Å²) >= 11 is 0. The molecule has 1 aliphatic rings. The molecule has 1 heterocycles. The molecular weight excluding hydrogens is 232 g/mol. The van der Waals surface area contributed by atoms with E-state index in [0.29, 0.717) is 13.2 Å². The Bertz CT molecular complexity index is 315. The SMILES string of the molecule is CCOC(=O)/C=C/CN1CCCC(C(=O)NC)C1. The molecule has 1 amide bonds. The van der Waals surface area contributed by atoms with E-state index in [4.69, 9.17) is 4.74 Å². The minimum Gasteiger partial charge on any atom is -0.463 e. The largest absolute Gasteiger partial charge is 0.463 e. The molecule has 5 nitrogen and oxygen atoms in total. The molecule has 0 aromatic rings. The first-order chi connectivity index (χ1) is 8.67. The van der Waals surface area contributed by atoms with Crippen molar-refractivity contribution >= 4 is 11.9 Å². The van der Waals surface area contributed by atoms with E-state index in [-0.39, 0.29) is 17.8 Å². The second-order valence-electron chi connectivity index (χ2n) is 4.37. The van der Waals surface area contributed by atoms with Crippen molar-refractivity contribution in [2.45, 2.75) is 19.8 Å². The number of piperidine rings is 1. The van der Waals surface area contributed by atoms with Gasteiger partial charge in [0.05, 0.1) is 12.5 Å². The van der Waals surface area contributed by atoms with Gasteiger partial charge in [0.15, 0.2) is 0 Å². The summed E-state index contributed by atoms with van der Waals surface area (Å²) in [5, 5.41) is 2.69. The highest BCUT2D eigenvalue weighted by molar-refractivity contribution is 5.81. The third-order valence-corrected chi connectivity index (χ3v) is 3.03. The Morgan fingerprint density at radius 2 is 2.28 bits per heavy atom. The quantitative estimate of drug-likeness (QED) is 0.575. The number of nitrogens with zero attached hydrogens (tertiary/aromatic N) is 1. The Kier molecular flexibility index (Phi) is 6.43. The summed E-state index contributed by atoms with van der Waals surface area (Å²) in [5.41, 5.74) is 0. The minimum atomic E-state index is -0.308. The van der Waals surface area contributed by atoms with Gasteiger partial charge in [-0.3, -0.25) is 9.69 Å². The van der Waals surface area contributed by atoms with Gasteiger partial charge in [-0.2, -0.15) is 0 Å². The lowest BCUT2D eigenvalue weighted by atomic mass is 9.97. The van der Waals surface area contributed by atoms with E-state index >= 15 is 0 Å². The Balaban J connectivity index is 2.34. The van der Waals surface area contributed by atoms with Crippen molar-refractivity contribution in [2.75, 3.05) is 33.3 Å². The van der Waals surface area contributed by atoms with Gasteiger partial charge in [-0.25, -0.2) is 4.79 Å². The Labute approximate surface area is 108 Å². The van der Waals surface area contributed by atoms with Crippen LogP contribution in [0.1, 0.15) is 19.8 Å². The van der Waals surface area contributed by atoms with Gasteiger partial charge in [-0.15, -0.1) is 0 Å². The van der Waals surface area contributed by atoms with E-state index in [0.717, 1.165) is 25.9 Å². The van der Waals surface area contributed by atoms with E-state index in [9.17, 15) is 9.59 Å². The van der Waals surface area contributed by atoms with Crippen LogP contribution in [0.25, 0.3) is 0 Å². The van der Waals surface area contributed by atoms with Gasteiger partial charge in [-0.1, -0.05) is 6.08 Å². The molecule has 1 fully saturated rings. The first-order valence-corrected chi connectivity index (χ1v) is 6.44. The Morgan fingerprint density at radius 3 is 2.94 bits per heavy atom. The van der Waals surface area contributed by atoms with Crippen LogP contribution in [0.4, 0.5) is 0 Å². The fourth-order valence-electron chi connectivity index (χ4n) is 2.13. The van der Waals surface area contributed by atoms with Gasteiger partial charge in [0, 0.05) is 26.2 Å². The molecule has 0 saturated carbocycles. The summed E-state index contributed by atoms with van der Waals surface area (Å²) in [5.74, 6) is -0.133. The van der Waals surface area contributed by atoms with Crippen LogP contribution in [-0.2, 0) is 14.3 Å². The number of rotatable bonds is 5. The van der Waals surface area contributed by atoms with Crippen LogP contribution in [0.15, 0.2) is 12.2 Å². The predicted octanol–water partition coefficient (Wildman–Crippen LogP) is 0.564. The number of likely N-dealkylation sites (tertiary alicyclic amines) is 1. The summed E-state index contributed by atoms with van der Waals surface area (Å²) in [6.07, 6.45) is 5.21. The third-order valence-electron chi connectivity index (χ3n) is 3.03. The maximum absolute atomic E-state index is 11.5. The zero-order valence-corrected chi connectivity index (χ0v) is 11.1. The summed E-state index contributed by atoms with van der Waals surface area (Å²) in [6, 6.07) is 0. The molecule has 0 bridgehead atoms. The minimum absolute atomic E-state index is 0.0692. The van der Waals surface area contributed by atoms with Gasteiger partial charge in [0.2, 0.25) is 5.91 Å². The number of esters is 1. The van der Waals surface area contributed by atoms with Gasteiger partial charge < -0.3 is 10.1 Å². The fraction of sp³-hybridized carbons (Fsp3) is 0.692. The molecule has 1 N–H and O–H groups in total. The highest BCUT2D eigenvalue weighted by Gasteiger charge is 2.24. The smallest absolute Gasteiger partial charge is 0.330 e. The molecule has 1 unspecified atom stereocenters. The highest BCUT2D eigenvalue weighted by atomic mass is 16.5. The molecule has 5 heteroatoms. The lowest BCUT2D eigenvalue weighted by molar-refractivity contribution is -0.137. The number of hydrogen-bond acceptors (Lipinski definition) is 4. The molecule has 102 valence electrons. The molecule has 0 spiro atoms. The number of carbonyl (C=O) groups excluding carboxylic acids is 2. The van der Waals surface area contributed by atoms with Crippen molar-refractivity contribution in [2.24, 2.45) is 5.92 Å². The summed E-state index contributed by atoms with van der Waals surface area (Å²) in [7, 11) is 1.67. The number of nitrogens with one attached hydrogen (secondary N) is 1. The van der Waals surface area contributed by atoms with Crippen LogP contribution >= 0.6 is 0 Å². The molecule has 0 aliphatic carbocycles. The van der Waals surface area contributed by atoms with E-state index < -0.39 is 0 Å².